The molecule has 1 atom stereocenters. The van der Waals surface area contributed by atoms with E-state index in [0.717, 1.165) is 18.8 Å². The molecule has 0 aromatic heterocycles. The first-order valence-corrected chi connectivity index (χ1v) is 12.6. The number of rotatable bonds is 21. The van der Waals surface area contributed by atoms with E-state index in [1.165, 1.54) is 70.6 Å². The lowest BCUT2D eigenvalue weighted by molar-refractivity contribution is -0.929. The summed E-state index contributed by atoms with van der Waals surface area (Å²) in [5.41, 5.74) is 0. The molecule has 0 aliphatic rings. The van der Waals surface area contributed by atoms with Gasteiger partial charge in [-0.3, -0.25) is 9.28 Å². The Balaban J connectivity index is 3.41. The molecule has 0 aromatic rings. The van der Waals surface area contributed by atoms with Crippen molar-refractivity contribution < 1.29 is 24.3 Å². The Morgan fingerprint density at radius 2 is 1.26 bits per heavy atom. The number of carboxylic acid groups (broad SMARTS) is 1. The second kappa shape index (κ2) is 18.4. The quantitative estimate of drug-likeness (QED) is 0.161. The lowest BCUT2D eigenvalue weighted by atomic mass is 10.0. The minimum Gasteiger partial charge on any atom is -0.542 e. The maximum atomic E-state index is 11.9. The predicted octanol–water partition coefficient (Wildman–Crippen LogP) is 3.75. The highest BCUT2D eigenvalue weighted by atomic mass is 16.4. The molecule has 0 aliphatic heterocycles. The van der Waals surface area contributed by atoms with Crippen molar-refractivity contribution >= 4 is 11.9 Å². The Bertz CT molecular complexity index is 466. The summed E-state index contributed by atoms with van der Waals surface area (Å²) in [6.45, 7) is 5.55. The van der Waals surface area contributed by atoms with Crippen molar-refractivity contribution in [3.05, 3.63) is 0 Å². The predicted molar refractivity (Wildman–Crippen MR) is 125 cm³/mol. The van der Waals surface area contributed by atoms with Crippen LogP contribution in [-0.4, -0.2) is 54.9 Å². The van der Waals surface area contributed by atoms with Gasteiger partial charge in [0.25, 0.3) is 0 Å². The highest BCUT2D eigenvalue weighted by Gasteiger charge is 2.26. The van der Waals surface area contributed by atoms with E-state index in [-0.39, 0.29) is 10.4 Å². The highest BCUT2D eigenvalue weighted by Crippen LogP contribution is 2.14. The number of nitrogens with one attached hydrogen (secondary N) is 1. The summed E-state index contributed by atoms with van der Waals surface area (Å²) in [6.07, 6.45) is 16.5. The molecule has 0 bridgehead atoms. The SMILES string of the molecule is CC(C)CCCCCCCCCCCCCCC(=O)NCCC[N+](C)(C)C(O)C(=O)[O-]. The van der Waals surface area contributed by atoms with Crippen molar-refractivity contribution in [1.29, 1.82) is 0 Å². The zero-order valence-electron chi connectivity index (χ0n) is 20.8. The van der Waals surface area contributed by atoms with E-state index in [2.05, 4.69) is 19.2 Å². The van der Waals surface area contributed by atoms with Crippen LogP contribution in [0.25, 0.3) is 0 Å². The number of hydrogen-bond donors (Lipinski definition) is 2. The molecule has 0 saturated carbocycles. The van der Waals surface area contributed by atoms with Crippen LogP contribution in [0.5, 0.6) is 0 Å². The van der Waals surface area contributed by atoms with Crippen molar-refractivity contribution in [3.63, 3.8) is 0 Å². The van der Waals surface area contributed by atoms with E-state index < -0.39 is 12.2 Å². The monoisotopic (exact) mass is 442 g/mol. The standard InChI is InChI=1S/C25H50N2O4/c1-22(2)18-15-13-11-9-7-5-6-8-10-12-14-16-19-23(28)26-20-17-21-27(3,4)24(29)25(30)31/h22,24,29H,5-21H2,1-4H3,(H-,26,28,30,31). The number of nitrogens with zero attached hydrogens (tertiary/aromatic N) is 1. The van der Waals surface area contributed by atoms with Gasteiger partial charge in [0.2, 0.25) is 12.1 Å². The van der Waals surface area contributed by atoms with Crippen LogP contribution in [0.15, 0.2) is 0 Å². The van der Waals surface area contributed by atoms with Crippen molar-refractivity contribution in [2.75, 3.05) is 27.2 Å². The van der Waals surface area contributed by atoms with Crippen LogP contribution in [0.1, 0.15) is 110 Å². The summed E-state index contributed by atoms with van der Waals surface area (Å²) >= 11 is 0. The average Bonchev–Trinajstić information content (AvgIpc) is 2.70. The third-order valence-corrected chi connectivity index (χ3v) is 6.04. The molecular weight excluding hydrogens is 392 g/mol. The molecule has 2 N–H and O–H groups in total. The van der Waals surface area contributed by atoms with Gasteiger partial charge in [0.05, 0.1) is 20.6 Å². The van der Waals surface area contributed by atoms with Gasteiger partial charge in [-0.15, -0.1) is 0 Å². The van der Waals surface area contributed by atoms with Crippen LogP contribution in [0, 0.1) is 5.92 Å². The Morgan fingerprint density at radius 3 is 1.71 bits per heavy atom. The molecule has 0 radical (unpaired) electrons. The molecule has 6 nitrogen and oxygen atoms in total. The fourth-order valence-electron chi connectivity index (χ4n) is 3.82. The third kappa shape index (κ3) is 18.2. The summed E-state index contributed by atoms with van der Waals surface area (Å²) in [6, 6.07) is 0. The van der Waals surface area contributed by atoms with E-state index in [1.54, 1.807) is 14.1 Å². The molecule has 31 heavy (non-hydrogen) atoms. The number of aliphatic carboxylic acids is 1. The number of carbonyl (C=O) groups is 2. The molecular formula is C25H50N2O4. The highest BCUT2D eigenvalue weighted by molar-refractivity contribution is 5.75. The number of aliphatic hydroxyl groups excluding tert-OH is 1. The summed E-state index contributed by atoms with van der Waals surface area (Å²) < 4.78 is -0.0729. The first kappa shape index (κ1) is 29.9. The molecule has 0 fully saturated rings. The average molecular weight is 443 g/mol. The third-order valence-electron chi connectivity index (χ3n) is 6.04. The first-order chi connectivity index (χ1) is 14.7. The first-order valence-electron chi connectivity index (χ1n) is 12.6. The fraction of sp³-hybridized carbons (Fsp3) is 0.920. The number of aliphatic hydroxyl groups is 1. The Morgan fingerprint density at radius 1 is 0.806 bits per heavy atom. The largest absolute Gasteiger partial charge is 0.542 e. The topological polar surface area (TPSA) is 89.5 Å². The molecule has 1 amide bonds. The van der Waals surface area contributed by atoms with Gasteiger partial charge in [0.15, 0.2) is 0 Å². The number of amides is 1. The van der Waals surface area contributed by atoms with Gasteiger partial charge in [0, 0.05) is 19.4 Å². The Kier molecular flexibility index (Phi) is 17.8. The molecule has 0 heterocycles. The van der Waals surface area contributed by atoms with E-state index >= 15 is 0 Å². The zero-order valence-corrected chi connectivity index (χ0v) is 20.8. The van der Waals surface area contributed by atoms with Crippen molar-refractivity contribution in [2.45, 2.75) is 116 Å². The van der Waals surface area contributed by atoms with E-state index in [9.17, 15) is 19.8 Å². The van der Waals surface area contributed by atoms with Gasteiger partial charge in [-0.1, -0.05) is 90.9 Å². The number of carbonyl (C=O) groups excluding carboxylic acids is 2. The molecule has 184 valence electrons. The van der Waals surface area contributed by atoms with Crippen LogP contribution in [0.3, 0.4) is 0 Å². The lowest BCUT2D eigenvalue weighted by Gasteiger charge is -2.34. The van der Waals surface area contributed by atoms with Crippen LogP contribution in [0.2, 0.25) is 0 Å². The van der Waals surface area contributed by atoms with Crippen molar-refractivity contribution in [1.82, 2.24) is 5.32 Å². The number of carboxylic acids is 1. The van der Waals surface area contributed by atoms with E-state index in [0.29, 0.717) is 25.9 Å². The van der Waals surface area contributed by atoms with Gasteiger partial charge in [-0.2, -0.15) is 0 Å². The normalized spacial score (nSPS) is 12.8. The van der Waals surface area contributed by atoms with Crippen LogP contribution in [0.4, 0.5) is 0 Å². The molecule has 0 saturated heterocycles. The summed E-state index contributed by atoms with van der Waals surface area (Å²) in [5.74, 6) is -0.571. The van der Waals surface area contributed by atoms with E-state index in [1.807, 2.05) is 0 Å². The summed E-state index contributed by atoms with van der Waals surface area (Å²) in [4.78, 5) is 22.6. The number of hydrogen-bond acceptors (Lipinski definition) is 4. The zero-order chi connectivity index (χ0) is 23.5. The fourth-order valence-corrected chi connectivity index (χ4v) is 3.82. The second-order valence-corrected chi connectivity index (χ2v) is 10.1. The number of likely N-dealkylation sites (N-methyl/N-ethyl adjacent to an activating group) is 1. The molecule has 0 spiro atoms. The molecule has 0 rings (SSSR count). The van der Waals surface area contributed by atoms with E-state index in [4.69, 9.17) is 0 Å². The summed E-state index contributed by atoms with van der Waals surface area (Å²) in [7, 11) is 3.27. The van der Waals surface area contributed by atoms with Gasteiger partial charge in [-0.25, -0.2) is 0 Å². The lowest BCUT2D eigenvalue weighted by Crippen LogP contribution is -2.57. The maximum absolute atomic E-state index is 11.9. The molecule has 0 aromatic carbocycles. The summed E-state index contributed by atoms with van der Waals surface area (Å²) in [5, 5.41) is 23.2. The van der Waals surface area contributed by atoms with Gasteiger partial charge in [0.1, 0.15) is 5.97 Å². The number of quaternary nitrogens is 1. The maximum Gasteiger partial charge on any atom is 0.231 e. The Labute approximate surface area is 191 Å². The molecule has 6 heteroatoms. The smallest absolute Gasteiger partial charge is 0.231 e. The second-order valence-electron chi connectivity index (χ2n) is 10.1. The van der Waals surface area contributed by atoms with Crippen molar-refractivity contribution in [2.24, 2.45) is 5.92 Å². The van der Waals surface area contributed by atoms with Gasteiger partial charge in [-0.05, 0) is 12.3 Å². The van der Waals surface area contributed by atoms with Crippen LogP contribution in [-0.2, 0) is 9.59 Å². The minimum absolute atomic E-state index is 0.0548. The Hall–Kier alpha value is -1.14. The van der Waals surface area contributed by atoms with Crippen molar-refractivity contribution in [3.8, 4) is 0 Å². The molecule has 1 unspecified atom stereocenters. The van der Waals surface area contributed by atoms with Crippen LogP contribution >= 0.6 is 0 Å². The molecule has 0 aliphatic carbocycles. The van der Waals surface area contributed by atoms with Crippen LogP contribution < -0.4 is 10.4 Å². The number of unbranched alkanes of at least 4 members (excludes halogenated alkanes) is 11. The van der Waals surface area contributed by atoms with Gasteiger partial charge >= 0.3 is 0 Å². The minimum atomic E-state index is -1.55. The van der Waals surface area contributed by atoms with Gasteiger partial charge < -0.3 is 20.3 Å².